The van der Waals surface area contributed by atoms with Gasteiger partial charge in [-0.05, 0) is 50.2 Å². The predicted molar refractivity (Wildman–Crippen MR) is 121 cm³/mol. The minimum Gasteiger partial charge on any atom is -0.454 e. The van der Waals surface area contributed by atoms with Gasteiger partial charge in [-0.25, -0.2) is 4.79 Å². The molecule has 0 unspecified atom stereocenters. The summed E-state index contributed by atoms with van der Waals surface area (Å²) in [5.41, 5.74) is 2.45. The molecule has 9 heteroatoms. The zero-order chi connectivity index (χ0) is 24.4. The number of benzene rings is 2. The number of aromatic nitrogens is 2. The number of ketones is 1. The molecule has 0 aliphatic carbocycles. The molecule has 0 bridgehead atoms. The Labute approximate surface area is 192 Å². The number of esters is 1. The Morgan fingerprint density at radius 3 is 2.41 bits per heavy atom. The molecule has 0 fully saturated rings. The van der Waals surface area contributed by atoms with Crippen molar-refractivity contribution in [1.82, 2.24) is 9.55 Å². The third kappa shape index (κ3) is 4.59. The Balaban J connectivity index is 1.53. The SMILES string of the molecule is Cc1cc(C(=O)COC(=O)c2cc(=O)[nH]c3ccccc23)c(C)n1-c1ccc(OC(F)F)cc1. The van der Waals surface area contributed by atoms with Crippen molar-refractivity contribution in [1.29, 1.82) is 0 Å². The molecular formula is C25H20F2N2O5. The van der Waals surface area contributed by atoms with E-state index in [0.717, 1.165) is 11.8 Å². The maximum atomic E-state index is 12.8. The number of ether oxygens (including phenoxy) is 2. The highest BCUT2D eigenvalue weighted by Gasteiger charge is 2.20. The van der Waals surface area contributed by atoms with E-state index in [1.54, 1.807) is 60.9 Å². The molecular weight excluding hydrogens is 446 g/mol. The standard InChI is InChI=1S/C25H20F2N2O5/c1-14-11-19(15(2)29(14)16-7-9-17(10-8-16)34-25(26)27)22(30)13-33-24(32)20-12-23(31)28-21-6-4-3-5-18(20)21/h3-12,25H,13H2,1-2H3,(H,28,31). The lowest BCUT2D eigenvalue weighted by Crippen LogP contribution is -2.17. The van der Waals surface area contributed by atoms with Gasteiger partial charge in [-0.2, -0.15) is 8.78 Å². The Morgan fingerprint density at radius 1 is 1.00 bits per heavy atom. The first-order chi connectivity index (χ1) is 16.2. The number of halogens is 2. The predicted octanol–water partition coefficient (Wildman–Crippen LogP) is 4.58. The number of nitrogens with one attached hydrogen (secondary N) is 1. The van der Waals surface area contributed by atoms with Crippen molar-refractivity contribution < 1.29 is 27.8 Å². The second kappa shape index (κ2) is 9.30. The summed E-state index contributed by atoms with van der Waals surface area (Å²) in [6.07, 6.45) is 0. The third-order valence-electron chi connectivity index (χ3n) is 5.36. The van der Waals surface area contributed by atoms with Gasteiger partial charge in [-0.1, -0.05) is 18.2 Å². The van der Waals surface area contributed by atoms with Gasteiger partial charge < -0.3 is 19.0 Å². The molecule has 0 aliphatic heterocycles. The lowest BCUT2D eigenvalue weighted by atomic mass is 10.1. The molecule has 4 aromatic rings. The number of carbonyl (C=O) groups is 2. The van der Waals surface area contributed by atoms with Crippen molar-refractivity contribution in [2.75, 3.05) is 6.61 Å². The van der Waals surface area contributed by atoms with Crippen LogP contribution in [0.4, 0.5) is 8.78 Å². The van der Waals surface area contributed by atoms with E-state index in [1.165, 1.54) is 12.1 Å². The average molecular weight is 466 g/mol. The van der Waals surface area contributed by atoms with Crippen LogP contribution in [0.3, 0.4) is 0 Å². The number of alkyl halides is 2. The van der Waals surface area contributed by atoms with E-state index >= 15 is 0 Å². The Bertz CT molecular complexity index is 1440. The second-order valence-electron chi connectivity index (χ2n) is 7.58. The van der Waals surface area contributed by atoms with Crippen LogP contribution in [0.25, 0.3) is 16.6 Å². The lowest BCUT2D eigenvalue weighted by Gasteiger charge is -2.11. The molecule has 2 aromatic heterocycles. The van der Waals surface area contributed by atoms with Gasteiger partial charge in [0.05, 0.1) is 5.56 Å². The number of pyridine rings is 1. The topological polar surface area (TPSA) is 90.4 Å². The van der Waals surface area contributed by atoms with Crippen molar-refractivity contribution >= 4 is 22.7 Å². The number of nitrogens with zero attached hydrogens (tertiary/aromatic N) is 1. The number of para-hydroxylation sites is 1. The van der Waals surface area contributed by atoms with E-state index in [2.05, 4.69) is 9.72 Å². The van der Waals surface area contributed by atoms with Crippen LogP contribution in [0, 0.1) is 13.8 Å². The fraction of sp³-hybridized carbons (Fsp3) is 0.160. The van der Waals surface area contributed by atoms with Crippen LogP contribution in [0.5, 0.6) is 5.75 Å². The van der Waals surface area contributed by atoms with E-state index in [4.69, 9.17) is 4.74 Å². The summed E-state index contributed by atoms with van der Waals surface area (Å²) in [6, 6.07) is 15.6. The molecule has 0 atom stereocenters. The number of rotatable bonds is 7. The van der Waals surface area contributed by atoms with Gasteiger partial charge in [0, 0.05) is 39.6 Å². The maximum Gasteiger partial charge on any atom is 0.387 e. The molecule has 0 saturated carbocycles. The van der Waals surface area contributed by atoms with Crippen LogP contribution in [0.1, 0.15) is 32.1 Å². The normalized spacial score (nSPS) is 11.1. The zero-order valence-electron chi connectivity index (χ0n) is 18.3. The van der Waals surface area contributed by atoms with Crippen LogP contribution in [-0.2, 0) is 4.74 Å². The van der Waals surface area contributed by atoms with Gasteiger partial charge in [-0.15, -0.1) is 0 Å². The van der Waals surface area contributed by atoms with Gasteiger partial charge in [0.25, 0.3) is 0 Å². The Morgan fingerprint density at radius 2 is 1.71 bits per heavy atom. The summed E-state index contributed by atoms with van der Waals surface area (Å²) in [5.74, 6) is -1.17. The van der Waals surface area contributed by atoms with Crippen molar-refractivity contribution in [3.05, 3.63) is 93.5 Å². The molecule has 0 aliphatic rings. The molecule has 2 aromatic carbocycles. The van der Waals surface area contributed by atoms with Crippen LogP contribution in [0.2, 0.25) is 0 Å². The highest BCUT2D eigenvalue weighted by atomic mass is 19.3. The van der Waals surface area contributed by atoms with E-state index < -0.39 is 30.5 Å². The summed E-state index contributed by atoms with van der Waals surface area (Å²) in [6.45, 7) is 0.100. The van der Waals surface area contributed by atoms with Gasteiger partial charge in [-0.3, -0.25) is 9.59 Å². The molecule has 2 heterocycles. The molecule has 0 spiro atoms. The maximum absolute atomic E-state index is 12.8. The first kappa shape index (κ1) is 22.9. The van der Waals surface area contributed by atoms with Crippen LogP contribution in [0.15, 0.2) is 65.5 Å². The van der Waals surface area contributed by atoms with E-state index in [0.29, 0.717) is 27.8 Å². The number of hydrogen-bond donors (Lipinski definition) is 1. The van der Waals surface area contributed by atoms with Crippen molar-refractivity contribution in [3.8, 4) is 11.4 Å². The number of fused-ring (bicyclic) bond motifs is 1. The molecule has 34 heavy (non-hydrogen) atoms. The average Bonchev–Trinajstić information content (AvgIpc) is 3.10. The monoisotopic (exact) mass is 466 g/mol. The quantitative estimate of drug-likeness (QED) is 0.318. The first-order valence-corrected chi connectivity index (χ1v) is 10.3. The molecule has 4 rings (SSSR count). The summed E-state index contributed by atoms with van der Waals surface area (Å²) in [4.78, 5) is 40.0. The summed E-state index contributed by atoms with van der Waals surface area (Å²) >= 11 is 0. The highest BCUT2D eigenvalue weighted by Crippen LogP contribution is 2.24. The van der Waals surface area contributed by atoms with Gasteiger partial charge in [0.1, 0.15) is 5.75 Å². The number of aromatic amines is 1. The molecule has 0 saturated heterocycles. The van der Waals surface area contributed by atoms with Crippen LogP contribution in [-0.4, -0.2) is 34.5 Å². The summed E-state index contributed by atoms with van der Waals surface area (Å²) in [5, 5.41) is 0.511. The lowest BCUT2D eigenvalue weighted by molar-refractivity contribution is -0.0498. The van der Waals surface area contributed by atoms with E-state index in [1.807, 2.05) is 0 Å². The van der Waals surface area contributed by atoms with Crippen LogP contribution < -0.4 is 10.3 Å². The minimum atomic E-state index is -2.92. The van der Waals surface area contributed by atoms with Gasteiger partial charge >= 0.3 is 12.6 Å². The first-order valence-electron chi connectivity index (χ1n) is 10.3. The molecule has 0 radical (unpaired) electrons. The fourth-order valence-electron chi connectivity index (χ4n) is 3.88. The van der Waals surface area contributed by atoms with Crippen LogP contribution >= 0.6 is 0 Å². The van der Waals surface area contributed by atoms with Crippen molar-refractivity contribution in [2.45, 2.75) is 20.5 Å². The second-order valence-corrected chi connectivity index (χ2v) is 7.58. The highest BCUT2D eigenvalue weighted by molar-refractivity contribution is 6.05. The Kier molecular flexibility index (Phi) is 6.27. The van der Waals surface area contributed by atoms with Gasteiger partial charge in [0.2, 0.25) is 11.3 Å². The number of aryl methyl sites for hydroxylation is 1. The molecule has 174 valence electrons. The number of hydrogen-bond acceptors (Lipinski definition) is 5. The molecule has 1 N–H and O–H groups in total. The molecule has 7 nitrogen and oxygen atoms in total. The van der Waals surface area contributed by atoms with Crippen molar-refractivity contribution in [2.24, 2.45) is 0 Å². The van der Waals surface area contributed by atoms with Gasteiger partial charge in [0.15, 0.2) is 6.61 Å². The minimum absolute atomic E-state index is 0.0247. The number of carbonyl (C=O) groups excluding carboxylic acids is 2. The largest absolute Gasteiger partial charge is 0.454 e. The number of H-pyrrole nitrogens is 1. The third-order valence-corrected chi connectivity index (χ3v) is 5.36. The van der Waals surface area contributed by atoms with E-state index in [9.17, 15) is 23.2 Å². The Hall–Kier alpha value is -4.27. The van der Waals surface area contributed by atoms with E-state index in [-0.39, 0.29) is 11.3 Å². The number of Topliss-reactive ketones (excluding diaryl/α,β-unsaturated/α-hetero) is 1. The van der Waals surface area contributed by atoms with Crippen molar-refractivity contribution in [3.63, 3.8) is 0 Å². The summed E-state index contributed by atoms with van der Waals surface area (Å²) in [7, 11) is 0. The summed E-state index contributed by atoms with van der Waals surface area (Å²) < 4.78 is 36.1. The fourth-order valence-corrected chi connectivity index (χ4v) is 3.88. The zero-order valence-corrected chi connectivity index (χ0v) is 18.3. The molecule has 0 amide bonds. The smallest absolute Gasteiger partial charge is 0.387 e.